The number of aromatic nitrogens is 1. The number of hydrogen-bond donors (Lipinski definition) is 1. The number of ether oxygens (including phenoxy) is 1. The largest absolute Gasteiger partial charge is 0.497 e. The van der Waals surface area contributed by atoms with Crippen LogP contribution in [0.1, 0.15) is 23.9 Å². The second-order valence-electron chi connectivity index (χ2n) is 6.13. The zero-order valence-electron chi connectivity index (χ0n) is 14.7. The van der Waals surface area contributed by atoms with E-state index in [-0.39, 0.29) is 12.6 Å². The van der Waals surface area contributed by atoms with Crippen LogP contribution in [0, 0.1) is 0 Å². The van der Waals surface area contributed by atoms with E-state index >= 15 is 0 Å². The Bertz CT molecular complexity index is 765. The van der Waals surface area contributed by atoms with E-state index in [4.69, 9.17) is 9.15 Å². The Morgan fingerprint density at radius 3 is 2.60 bits per heavy atom. The number of fused-ring (bicyclic) bond motifs is 1. The highest BCUT2D eigenvalue weighted by Gasteiger charge is 2.16. The van der Waals surface area contributed by atoms with Gasteiger partial charge in [0.25, 0.3) is 0 Å². The maximum Gasteiger partial charge on any atom is 0.195 e. The van der Waals surface area contributed by atoms with Gasteiger partial charge in [0.2, 0.25) is 0 Å². The van der Waals surface area contributed by atoms with Gasteiger partial charge in [-0.15, -0.1) is 0 Å². The van der Waals surface area contributed by atoms with Crippen LogP contribution in [-0.2, 0) is 6.42 Å². The number of aliphatic hydroxyl groups excluding tert-OH is 1. The molecule has 0 amide bonds. The van der Waals surface area contributed by atoms with Gasteiger partial charge < -0.3 is 14.3 Å². The molecule has 0 fully saturated rings. The topological polar surface area (TPSA) is 58.7 Å². The standard InChI is InChI=1S/C20H24N2O3/c1-22(18(14-23)15-9-11-16(24-2)12-10-15)13-5-8-20-21-17-6-3-4-7-19(17)25-20/h3-4,6-7,9-12,18,23H,5,8,13-14H2,1-2H3. The fraction of sp³-hybridized carbons (Fsp3) is 0.350. The van der Waals surface area contributed by atoms with Gasteiger partial charge >= 0.3 is 0 Å². The van der Waals surface area contributed by atoms with Crippen molar-refractivity contribution < 1.29 is 14.3 Å². The molecule has 1 aromatic heterocycles. The van der Waals surface area contributed by atoms with Crippen LogP contribution in [0.4, 0.5) is 0 Å². The molecule has 0 radical (unpaired) electrons. The summed E-state index contributed by atoms with van der Waals surface area (Å²) in [4.78, 5) is 6.66. The molecule has 1 heterocycles. The number of aryl methyl sites for hydroxylation is 1. The van der Waals surface area contributed by atoms with Crippen molar-refractivity contribution in [2.75, 3.05) is 27.3 Å². The first-order valence-electron chi connectivity index (χ1n) is 8.50. The number of methoxy groups -OCH3 is 1. The van der Waals surface area contributed by atoms with Crippen molar-refractivity contribution >= 4 is 11.1 Å². The third-order valence-corrected chi connectivity index (χ3v) is 4.45. The van der Waals surface area contributed by atoms with Crippen molar-refractivity contribution in [3.05, 3.63) is 60.0 Å². The van der Waals surface area contributed by atoms with Gasteiger partial charge in [0.05, 0.1) is 19.8 Å². The Hall–Kier alpha value is -2.37. The molecule has 1 atom stereocenters. The zero-order valence-corrected chi connectivity index (χ0v) is 14.7. The molecule has 5 heteroatoms. The van der Waals surface area contributed by atoms with Crippen LogP contribution in [0.3, 0.4) is 0 Å². The Balaban J connectivity index is 1.57. The van der Waals surface area contributed by atoms with Gasteiger partial charge in [-0.1, -0.05) is 24.3 Å². The second kappa shape index (κ2) is 8.14. The molecule has 0 spiro atoms. The molecule has 0 aliphatic heterocycles. The zero-order chi connectivity index (χ0) is 17.6. The Morgan fingerprint density at radius 1 is 1.16 bits per heavy atom. The highest BCUT2D eigenvalue weighted by molar-refractivity contribution is 5.72. The average Bonchev–Trinajstić information content (AvgIpc) is 3.05. The minimum Gasteiger partial charge on any atom is -0.497 e. The van der Waals surface area contributed by atoms with E-state index in [1.54, 1.807) is 7.11 Å². The van der Waals surface area contributed by atoms with Gasteiger partial charge in [0.15, 0.2) is 11.5 Å². The molecule has 2 aromatic carbocycles. The van der Waals surface area contributed by atoms with Gasteiger partial charge in [-0.3, -0.25) is 4.90 Å². The van der Waals surface area contributed by atoms with E-state index in [0.29, 0.717) is 0 Å². The van der Waals surface area contributed by atoms with Crippen molar-refractivity contribution in [1.29, 1.82) is 0 Å². The van der Waals surface area contributed by atoms with Crippen molar-refractivity contribution in [2.45, 2.75) is 18.9 Å². The number of nitrogens with zero attached hydrogens (tertiary/aromatic N) is 2. The number of likely N-dealkylation sites (N-methyl/N-ethyl adjacent to an activating group) is 1. The highest BCUT2D eigenvalue weighted by Crippen LogP contribution is 2.22. The van der Waals surface area contributed by atoms with E-state index in [1.165, 1.54) is 0 Å². The maximum absolute atomic E-state index is 9.78. The third kappa shape index (κ3) is 4.18. The SMILES string of the molecule is COc1ccc(C(CO)N(C)CCCc2nc3ccccc3o2)cc1. The summed E-state index contributed by atoms with van der Waals surface area (Å²) in [5.74, 6) is 1.58. The predicted molar refractivity (Wildman–Crippen MR) is 97.8 cm³/mol. The van der Waals surface area contributed by atoms with E-state index in [9.17, 15) is 5.11 Å². The summed E-state index contributed by atoms with van der Waals surface area (Å²) in [6, 6.07) is 15.6. The van der Waals surface area contributed by atoms with Crippen LogP contribution in [-0.4, -0.2) is 42.3 Å². The van der Waals surface area contributed by atoms with Gasteiger partial charge in [-0.2, -0.15) is 0 Å². The molecule has 1 N–H and O–H groups in total. The van der Waals surface area contributed by atoms with Gasteiger partial charge in [-0.05, 0) is 49.8 Å². The van der Waals surface area contributed by atoms with Crippen LogP contribution < -0.4 is 4.74 Å². The van der Waals surface area contributed by atoms with Crippen LogP contribution in [0.25, 0.3) is 11.1 Å². The first-order chi connectivity index (χ1) is 12.2. The molecular formula is C20H24N2O3. The molecule has 0 saturated heterocycles. The lowest BCUT2D eigenvalue weighted by Crippen LogP contribution is -2.28. The lowest BCUT2D eigenvalue weighted by molar-refractivity contribution is 0.146. The van der Waals surface area contributed by atoms with Crippen molar-refractivity contribution in [3.63, 3.8) is 0 Å². The smallest absolute Gasteiger partial charge is 0.195 e. The average molecular weight is 340 g/mol. The summed E-state index contributed by atoms with van der Waals surface area (Å²) >= 11 is 0. The Kier molecular flexibility index (Phi) is 5.68. The number of aliphatic hydroxyl groups is 1. The molecule has 0 aliphatic rings. The van der Waals surface area contributed by atoms with Crippen LogP contribution in [0.5, 0.6) is 5.75 Å². The molecule has 5 nitrogen and oxygen atoms in total. The molecule has 0 aliphatic carbocycles. The minimum absolute atomic E-state index is 0.0328. The van der Waals surface area contributed by atoms with Crippen molar-refractivity contribution in [1.82, 2.24) is 9.88 Å². The van der Waals surface area contributed by atoms with Crippen LogP contribution in [0.2, 0.25) is 0 Å². The summed E-state index contributed by atoms with van der Waals surface area (Å²) in [5.41, 5.74) is 2.81. The highest BCUT2D eigenvalue weighted by atomic mass is 16.5. The first-order valence-corrected chi connectivity index (χ1v) is 8.50. The number of benzene rings is 2. The molecule has 3 rings (SSSR count). The molecule has 25 heavy (non-hydrogen) atoms. The Morgan fingerprint density at radius 2 is 1.92 bits per heavy atom. The molecule has 1 unspecified atom stereocenters. The van der Waals surface area contributed by atoms with E-state index in [2.05, 4.69) is 9.88 Å². The Labute approximate surface area is 147 Å². The number of hydrogen-bond acceptors (Lipinski definition) is 5. The summed E-state index contributed by atoms with van der Waals surface area (Å²) in [6.07, 6.45) is 1.69. The normalized spacial score (nSPS) is 12.6. The minimum atomic E-state index is -0.0328. The van der Waals surface area contributed by atoms with Crippen molar-refractivity contribution in [2.24, 2.45) is 0 Å². The van der Waals surface area contributed by atoms with Crippen molar-refractivity contribution in [3.8, 4) is 5.75 Å². The van der Waals surface area contributed by atoms with Gasteiger partial charge in [0, 0.05) is 6.42 Å². The summed E-state index contributed by atoms with van der Waals surface area (Å²) in [5, 5.41) is 9.78. The molecule has 0 bridgehead atoms. The molecule has 132 valence electrons. The summed E-state index contributed by atoms with van der Waals surface area (Å²) in [6.45, 7) is 0.918. The predicted octanol–water partition coefficient (Wildman–Crippen LogP) is 3.43. The van der Waals surface area contributed by atoms with Crippen LogP contribution >= 0.6 is 0 Å². The fourth-order valence-electron chi connectivity index (χ4n) is 2.99. The lowest BCUT2D eigenvalue weighted by Gasteiger charge is -2.26. The number of oxazole rings is 1. The maximum atomic E-state index is 9.78. The summed E-state index contributed by atoms with van der Waals surface area (Å²) < 4.78 is 10.9. The fourth-order valence-corrected chi connectivity index (χ4v) is 2.99. The summed E-state index contributed by atoms with van der Waals surface area (Å²) in [7, 11) is 3.67. The monoisotopic (exact) mass is 340 g/mol. The third-order valence-electron chi connectivity index (χ3n) is 4.45. The van der Waals surface area contributed by atoms with E-state index in [1.807, 2.05) is 55.6 Å². The molecule has 0 saturated carbocycles. The quantitative estimate of drug-likeness (QED) is 0.681. The lowest BCUT2D eigenvalue weighted by atomic mass is 10.1. The molecular weight excluding hydrogens is 316 g/mol. The second-order valence-corrected chi connectivity index (χ2v) is 6.13. The number of rotatable bonds is 8. The molecule has 3 aromatic rings. The van der Waals surface area contributed by atoms with Gasteiger partial charge in [0.1, 0.15) is 11.3 Å². The number of para-hydroxylation sites is 2. The van der Waals surface area contributed by atoms with Gasteiger partial charge in [-0.25, -0.2) is 4.98 Å². The van der Waals surface area contributed by atoms with E-state index in [0.717, 1.165) is 47.7 Å². The van der Waals surface area contributed by atoms with E-state index < -0.39 is 0 Å². The first kappa shape index (κ1) is 17.5. The van der Waals surface area contributed by atoms with Crippen LogP contribution in [0.15, 0.2) is 52.9 Å².